The number of hydrogen-bond acceptors (Lipinski definition) is 3. The van der Waals surface area contributed by atoms with Crippen molar-refractivity contribution in [3.8, 4) is 5.69 Å². The molecule has 0 aliphatic carbocycles. The summed E-state index contributed by atoms with van der Waals surface area (Å²) >= 11 is 1.40. The van der Waals surface area contributed by atoms with Gasteiger partial charge in [-0.15, -0.1) is 11.3 Å². The van der Waals surface area contributed by atoms with E-state index in [1.807, 2.05) is 71.7 Å². The summed E-state index contributed by atoms with van der Waals surface area (Å²) in [5.41, 5.74) is 5.55. The second-order valence-electron chi connectivity index (χ2n) is 4.84. The molecule has 3 rings (SSSR count). The van der Waals surface area contributed by atoms with E-state index in [4.69, 9.17) is 0 Å². The van der Waals surface area contributed by atoms with E-state index in [1.54, 1.807) is 6.21 Å². The number of amides is 1. The molecular weight excluding hydrogens is 294 g/mol. The van der Waals surface area contributed by atoms with Crippen LogP contribution in [0.3, 0.4) is 0 Å². The molecule has 0 aliphatic rings. The van der Waals surface area contributed by atoms with Gasteiger partial charge in [0.15, 0.2) is 0 Å². The van der Waals surface area contributed by atoms with E-state index >= 15 is 0 Å². The Labute approximate surface area is 132 Å². The molecule has 2 heterocycles. The highest BCUT2D eigenvalue weighted by atomic mass is 32.1. The molecule has 110 valence electrons. The first-order valence-electron chi connectivity index (χ1n) is 6.85. The van der Waals surface area contributed by atoms with Crippen LogP contribution >= 0.6 is 11.3 Å². The van der Waals surface area contributed by atoms with Crippen LogP contribution in [0, 0.1) is 6.92 Å². The number of hydrazone groups is 1. The first-order chi connectivity index (χ1) is 10.7. The SMILES string of the molecule is Cc1cccc(/C=N/NC(=O)c2sccc2-n2cccc2)c1. The van der Waals surface area contributed by atoms with Crippen LogP contribution in [0.2, 0.25) is 0 Å². The number of nitrogens with zero attached hydrogens (tertiary/aromatic N) is 2. The van der Waals surface area contributed by atoms with Crippen LogP contribution < -0.4 is 5.43 Å². The van der Waals surface area contributed by atoms with Crippen molar-refractivity contribution in [2.75, 3.05) is 0 Å². The quantitative estimate of drug-likeness (QED) is 0.581. The number of thiophene rings is 1. The second-order valence-corrected chi connectivity index (χ2v) is 5.75. The van der Waals surface area contributed by atoms with Crippen molar-refractivity contribution in [1.82, 2.24) is 9.99 Å². The molecule has 0 aliphatic heterocycles. The zero-order valence-electron chi connectivity index (χ0n) is 12.1. The van der Waals surface area contributed by atoms with Gasteiger partial charge in [-0.25, -0.2) is 5.43 Å². The van der Waals surface area contributed by atoms with E-state index in [0.29, 0.717) is 4.88 Å². The van der Waals surface area contributed by atoms with Crippen LogP contribution in [0.1, 0.15) is 20.8 Å². The Morgan fingerprint density at radius 3 is 2.82 bits per heavy atom. The molecule has 2 aromatic heterocycles. The number of aryl methyl sites for hydroxylation is 1. The Morgan fingerprint density at radius 1 is 1.23 bits per heavy atom. The third-order valence-electron chi connectivity index (χ3n) is 3.16. The first kappa shape index (κ1) is 14.3. The maximum Gasteiger partial charge on any atom is 0.283 e. The Balaban J connectivity index is 1.72. The molecule has 0 radical (unpaired) electrons. The minimum Gasteiger partial charge on any atom is -0.322 e. The van der Waals surface area contributed by atoms with E-state index in [1.165, 1.54) is 11.3 Å². The molecule has 1 amide bonds. The third-order valence-corrected chi connectivity index (χ3v) is 4.06. The summed E-state index contributed by atoms with van der Waals surface area (Å²) in [6.07, 6.45) is 5.47. The highest BCUT2D eigenvalue weighted by Gasteiger charge is 2.13. The van der Waals surface area contributed by atoms with Crippen molar-refractivity contribution in [2.24, 2.45) is 5.10 Å². The van der Waals surface area contributed by atoms with Gasteiger partial charge in [-0.3, -0.25) is 4.79 Å². The van der Waals surface area contributed by atoms with Gasteiger partial charge < -0.3 is 4.57 Å². The van der Waals surface area contributed by atoms with E-state index in [0.717, 1.165) is 16.8 Å². The fourth-order valence-corrected chi connectivity index (χ4v) is 2.92. The summed E-state index contributed by atoms with van der Waals surface area (Å²) in [5, 5.41) is 5.93. The minimum absolute atomic E-state index is 0.206. The lowest BCUT2D eigenvalue weighted by Gasteiger charge is -2.03. The van der Waals surface area contributed by atoms with Crippen molar-refractivity contribution in [3.05, 3.63) is 76.2 Å². The molecule has 22 heavy (non-hydrogen) atoms. The molecule has 0 saturated heterocycles. The molecule has 0 unspecified atom stereocenters. The summed E-state index contributed by atoms with van der Waals surface area (Å²) < 4.78 is 1.91. The summed E-state index contributed by atoms with van der Waals surface area (Å²) in [7, 11) is 0. The fourth-order valence-electron chi connectivity index (χ4n) is 2.14. The zero-order chi connectivity index (χ0) is 15.4. The van der Waals surface area contributed by atoms with Crippen molar-refractivity contribution in [1.29, 1.82) is 0 Å². The molecule has 0 saturated carbocycles. The average Bonchev–Trinajstić information content (AvgIpc) is 3.18. The lowest BCUT2D eigenvalue weighted by atomic mass is 10.2. The monoisotopic (exact) mass is 309 g/mol. The number of carbonyl (C=O) groups is 1. The smallest absolute Gasteiger partial charge is 0.283 e. The Bertz CT molecular complexity index is 803. The lowest BCUT2D eigenvalue weighted by molar-refractivity contribution is 0.0959. The molecule has 3 aromatic rings. The number of hydrogen-bond donors (Lipinski definition) is 1. The van der Waals surface area contributed by atoms with Crippen molar-refractivity contribution >= 4 is 23.5 Å². The van der Waals surface area contributed by atoms with Crippen LogP contribution in [0.25, 0.3) is 5.69 Å². The van der Waals surface area contributed by atoms with Crippen LogP contribution in [-0.4, -0.2) is 16.7 Å². The number of rotatable bonds is 4. The largest absolute Gasteiger partial charge is 0.322 e. The lowest BCUT2D eigenvalue weighted by Crippen LogP contribution is -2.17. The summed E-state index contributed by atoms with van der Waals surface area (Å²) in [4.78, 5) is 12.9. The predicted octanol–water partition coefficient (Wildman–Crippen LogP) is 3.61. The molecule has 1 N–H and O–H groups in total. The zero-order valence-corrected chi connectivity index (χ0v) is 12.9. The molecule has 0 atom stereocenters. The molecule has 5 heteroatoms. The van der Waals surface area contributed by atoms with Crippen LogP contribution in [0.5, 0.6) is 0 Å². The van der Waals surface area contributed by atoms with Crippen LogP contribution in [0.15, 0.2) is 65.3 Å². The van der Waals surface area contributed by atoms with E-state index in [9.17, 15) is 4.79 Å². The Kier molecular flexibility index (Phi) is 4.16. The van der Waals surface area contributed by atoms with Crippen LogP contribution in [-0.2, 0) is 0 Å². The van der Waals surface area contributed by atoms with Gasteiger partial charge in [-0.2, -0.15) is 5.10 Å². The Hall–Kier alpha value is -2.66. The van der Waals surface area contributed by atoms with Gasteiger partial charge in [0, 0.05) is 12.4 Å². The third kappa shape index (κ3) is 3.15. The normalized spacial score (nSPS) is 11.0. The Morgan fingerprint density at radius 2 is 2.05 bits per heavy atom. The maximum atomic E-state index is 12.3. The predicted molar refractivity (Wildman–Crippen MR) is 89.9 cm³/mol. The maximum absolute atomic E-state index is 12.3. The summed E-state index contributed by atoms with van der Waals surface area (Å²) in [5.74, 6) is -0.206. The summed E-state index contributed by atoms with van der Waals surface area (Å²) in [6.45, 7) is 2.02. The highest BCUT2D eigenvalue weighted by molar-refractivity contribution is 7.12. The van der Waals surface area contributed by atoms with Gasteiger partial charge in [0.05, 0.1) is 11.9 Å². The molecular formula is C17H15N3OS. The summed E-state index contributed by atoms with van der Waals surface area (Å²) in [6, 6.07) is 13.7. The van der Waals surface area contributed by atoms with Crippen molar-refractivity contribution in [2.45, 2.75) is 6.92 Å². The molecule has 4 nitrogen and oxygen atoms in total. The minimum atomic E-state index is -0.206. The number of benzene rings is 1. The van der Waals surface area contributed by atoms with E-state index in [-0.39, 0.29) is 5.91 Å². The molecule has 0 spiro atoms. The molecule has 0 bridgehead atoms. The van der Waals surface area contributed by atoms with Gasteiger partial charge in [0.2, 0.25) is 0 Å². The topological polar surface area (TPSA) is 46.4 Å². The fraction of sp³-hybridized carbons (Fsp3) is 0.0588. The van der Waals surface area contributed by atoms with Gasteiger partial charge >= 0.3 is 0 Å². The van der Waals surface area contributed by atoms with E-state index in [2.05, 4.69) is 10.5 Å². The number of nitrogens with one attached hydrogen (secondary N) is 1. The van der Waals surface area contributed by atoms with Gasteiger partial charge in [-0.1, -0.05) is 29.8 Å². The highest BCUT2D eigenvalue weighted by Crippen LogP contribution is 2.21. The van der Waals surface area contributed by atoms with Gasteiger partial charge in [-0.05, 0) is 36.1 Å². The van der Waals surface area contributed by atoms with E-state index < -0.39 is 0 Å². The van der Waals surface area contributed by atoms with Crippen molar-refractivity contribution < 1.29 is 4.79 Å². The first-order valence-corrected chi connectivity index (χ1v) is 7.73. The standard InChI is InChI=1S/C17H15N3OS/c1-13-5-4-6-14(11-13)12-18-19-17(21)16-15(7-10-22-16)20-8-2-3-9-20/h2-12H,1H3,(H,19,21)/b18-12+. The average molecular weight is 309 g/mol. The molecule has 0 fully saturated rings. The van der Waals surface area contributed by atoms with Crippen molar-refractivity contribution in [3.63, 3.8) is 0 Å². The second kappa shape index (κ2) is 6.41. The molecule has 1 aromatic carbocycles. The van der Waals surface area contributed by atoms with Gasteiger partial charge in [0.1, 0.15) is 4.88 Å². The number of carbonyl (C=O) groups excluding carboxylic acids is 1. The van der Waals surface area contributed by atoms with Crippen LogP contribution in [0.4, 0.5) is 0 Å². The van der Waals surface area contributed by atoms with Gasteiger partial charge in [0.25, 0.3) is 5.91 Å². The number of aromatic nitrogens is 1.